The molecule has 21 heavy (non-hydrogen) atoms. The molecule has 1 saturated heterocycles. The van der Waals surface area contributed by atoms with Crippen LogP contribution in [-0.4, -0.2) is 39.5 Å². The first-order valence-electron chi connectivity index (χ1n) is 6.40. The van der Waals surface area contributed by atoms with Crippen LogP contribution in [0.25, 0.3) is 5.65 Å². The number of anilines is 1. The van der Waals surface area contributed by atoms with Crippen LogP contribution in [0.1, 0.15) is 28.4 Å². The van der Waals surface area contributed by atoms with E-state index in [9.17, 15) is 13.6 Å². The third-order valence-corrected chi connectivity index (χ3v) is 3.52. The predicted molar refractivity (Wildman–Crippen MR) is 71.1 cm³/mol. The molecule has 0 radical (unpaired) electrons. The van der Waals surface area contributed by atoms with Crippen LogP contribution in [0, 0.1) is 0 Å². The number of nitrogen functional groups attached to an aromatic ring is 1. The Kier molecular flexibility index (Phi) is 3.01. The second-order valence-electron chi connectivity index (χ2n) is 5.13. The number of primary amides is 1. The number of fused-ring (bicyclic) bond motifs is 1. The van der Waals surface area contributed by atoms with Gasteiger partial charge in [-0.25, -0.2) is 18.3 Å². The van der Waals surface area contributed by atoms with E-state index in [0.29, 0.717) is 12.2 Å². The van der Waals surface area contributed by atoms with E-state index >= 15 is 0 Å². The average Bonchev–Trinajstić information content (AvgIpc) is 2.72. The van der Waals surface area contributed by atoms with Crippen molar-refractivity contribution in [3.05, 3.63) is 23.5 Å². The number of hydrogen-bond donors (Lipinski definition) is 3. The van der Waals surface area contributed by atoms with E-state index in [4.69, 9.17) is 11.5 Å². The van der Waals surface area contributed by atoms with Crippen LogP contribution in [0.15, 0.2) is 12.3 Å². The summed E-state index contributed by atoms with van der Waals surface area (Å²) in [5.41, 5.74) is 11.5. The fourth-order valence-electron chi connectivity index (χ4n) is 2.57. The van der Waals surface area contributed by atoms with E-state index in [1.54, 1.807) is 6.07 Å². The van der Waals surface area contributed by atoms with Gasteiger partial charge in [-0.3, -0.25) is 4.79 Å². The summed E-state index contributed by atoms with van der Waals surface area (Å²) >= 11 is 0. The van der Waals surface area contributed by atoms with Crippen LogP contribution in [0.5, 0.6) is 0 Å². The van der Waals surface area contributed by atoms with Gasteiger partial charge in [0, 0.05) is 30.8 Å². The number of carbonyl (C=O) groups excluding carboxylic acids is 1. The molecule has 3 rings (SSSR count). The third-order valence-electron chi connectivity index (χ3n) is 3.52. The molecule has 7 nitrogen and oxygen atoms in total. The Balaban J connectivity index is 2.04. The highest BCUT2D eigenvalue weighted by molar-refractivity contribution is 6.03. The van der Waals surface area contributed by atoms with Crippen LogP contribution in [0.4, 0.5) is 14.6 Å². The fourth-order valence-corrected chi connectivity index (χ4v) is 2.57. The Labute approximate surface area is 118 Å². The van der Waals surface area contributed by atoms with Crippen molar-refractivity contribution in [1.29, 1.82) is 0 Å². The highest BCUT2D eigenvalue weighted by Gasteiger charge is 2.37. The van der Waals surface area contributed by atoms with Gasteiger partial charge in [0.05, 0.1) is 6.54 Å². The number of nitrogens with one attached hydrogen (secondary N) is 1. The molecular formula is C12H14F2N6O. The second-order valence-corrected chi connectivity index (χ2v) is 5.13. The van der Waals surface area contributed by atoms with E-state index in [2.05, 4.69) is 15.4 Å². The molecule has 2 aromatic heterocycles. The third kappa shape index (κ3) is 2.40. The molecule has 5 N–H and O–H groups in total. The summed E-state index contributed by atoms with van der Waals surface area (Å²) in [6.45, 7) is 0.0617. The van der Waals surface area contributed by atoms with Gasteiger partial charge in [0.2, 0.25) is 0 Å². The second kappa shape index (κ2) is 4.62. The monoisotopic (exact) mass is 296 g/mol. The standard InChI is InChI=1S/C12H14F2N6O/c13-12(14)3-6(4-17-5-12)7-1-2-20-11(18-7)8(10(16)21)9(15)19-20/h1-2,6,17H,3-5H2,(H2,15,19)(H2,16,21). The summed E-state index contributed by atoms with van der Waals surface area (Å²) in [6.07, 6.45) is 1.24. The number of aromatic nitrogens is 3. The molecule has 9 heteroatoms. The van der Waals surface area contributed by atoms with Gasteiger partial charge in [-0.2, -0.15) is 0 Å². The molecule has 0 saturated carbocycles. The lowest BCUT2D eigenvalue weighted by atomic mass is 9.93. The van der Waals surface area contributed by atoms with Gasteiger partial charge in [0.1, 0.15) is 5.56 Å². The Morgan fingerprint density at radius 2 is 2.29 bits per heavy atom. The van der Waals surface area contributed by atoms with Crippen molar-refractivity contribution in [2.45, 2.75) is 18.3 Å². The molecular weight excluding hydrogens is 282 g/mol. The van der Waals surface area contributed by atoms with E-state index in [1.807, 2.05) is 0 Å². The molecule has 0 bridgehead atoms. The number of hydrogen-bond acceptors (Lipinski definition) is 5. The minimum Gasteiger partial charge on any atom is -0.381 e. The van der Waals surface area contributed by atoms with Gasteiger partial charge in [-0.1, -0.05) is 0 Å². The molecule has 3 heterocycles. The molecule has 112 valence electrons. The average molecular weight is 296 g/mol. The zero-order valence-corrected chi connectivity index (χ0v) is 11.0. The molecule has 1 amide bonds. The van der Waals surface area contributed by atoms with Gasteiger partial charge in [-0.15, -0.1) is 5.10 Å². The van der Waals surface area contributed by atoms with Gasteiger partial charge >= 0.3 is 0 Å². The summed E-state index contributed by atoms with van der Waals surface area (Å²) in [4.78, 5) is 15.7. The molecule has 1 unspecified atom stereocenters. The molecule has 1 atom stereocenters. The maximum absolute atomic E-state index is 13.5. The predicted octanol–water partition coefficient (Wildman–Crippen LogP) is 0.123. The highest BCUT2D eigenvalue weighted by atomic mass is 19.3. The number of rotatable bonds is 2. The van der Waals surface area contributed by atoms with E-state index in [-0.39, 0.29) is 30.0 Å². The molecule has 2 aromatic rings. The molecule has 0 aromatic carbocycles. The van der Waals surface area contributed by atoms with Gasteiger partial charge in [0.25, 0.3) is 11.8 Å². The SMILES string of the molecule is NC(=O)c1c(N)nn2ccc(C3CNCC(F)(F)C3)nc12. The Morgan fingerprint density at radius 1 is 1.52 bits per heavy atom. The van der Waals surface area contributed by atoms with Crippen molar-refractivity contribution in [1.82, 2.24) is 19.9 Å². The van der Waals surface area contributed by atoms with Gasteiger partial charge in [0.15, 0.2) is 11.5 Å². The van der Waals surface area contributed by atoms with Crippen molar-refractivity contribution in [3.8, 4) is 0 Å². The van der Waals surface area contributed by atoms with Crippen LogP contribution >= 0.6 is 0 Å². The summed E-state index contributed by atoms with van der Waals surface area (Å²) in [6, 6.07) is 1.60. The van der Waals surface area contributed by atoms with Crippen molar-refractivity contribution in [3.63, 3.8) is 0 Å². The number of nitrogens with two attached hydrogens (primary N) is 2. The Hall–Kier alpha value is -2.29. The first-order valence-corrected chi connectivity index (χ1v) is 6.40. The van der Waals surface area contributed by atoms with Gasteiger partial charge < -0.3 is 16.8 Å². The van der Waals surface area contributed by atoms with Crippen molar-refractivity contribution in [2.24, 2.45) is 5.73 Å². The first kappa shape index (κ1) is 13.7. The molecule has 1 fully saturated rings. The zero-order chi connectivity index (χ0) is 15.2. The summed E-state index contributed by atoms with van der Waals surface area (Å²) in [5.74, 6) is -4.00. The topological polar surface area (TPSA) is 111 Å². The summed E-state index contributed by atoms with van der Waals surface area (Å²) in [5, 5.41) is 6.60. The number of carbonyl (C=O) groups is 1. The Bertz CT molecular complexity index is 713. The minimum absolute atomic E-state index is 0.00683. The number of amides is 1. The van der Waals surface area contributed by atoms with E-state index < -0.39 is 17.7 Å². The zero-order valence-electron chi connectivity index (χ0n) is 11.0. The largest absolute Gasteiger partial charge is 0.381 e. The maximum Gasteiger partial charge on any atom is 0.261 e. The normalized spacial score (nSPS) is 21.5. The molecule has 0 spiro atoms. The van der Waals surface area contributed by atoms with Crippen molar-refractivity contribution >= 4 is 17.4 Å². The highest BCUT2D eigenvalue weighted by Crippen LogP contribution is 2.32. The number of piperidine rings is 1. The van der Waals surface area contributed by atoms with Crippen molar-refractivity contribution in [2.75, 3.05) is 18.8 Å². The lowest BCUT2D eigenvalue weighted by molar-refractivity contribution is -0.0282. The lowest BCUT2D eigenvalue weighted by Gasteiger charge is -2.29. The van der Waals surface area contributed by atoms with E-state index in [1.165, 1.54) is 10.7 Å². The van der Waals surface area contributed by atoms with Crippen molar-refractivity contribution < 1.29 is 13.6 Å². The fraction of sp³-hybridized carbons (Fsp3) is 0.417. The lowest BCUT2D eigenvalue weighted by Crippen LogP contribution is -2.43. The first-order chi connectivity index (χ1) is 9.87. The minimum atomic E-state index is -2.78. The Morgan fingerprint density at radius 3 is 2.95 bits per heavy atom. The molecule has 1 aliphatic heterocycles. The number of halogens is 2. The van der Waals surface area contributed by atoms with Crippen LogP contribution in [-0.2, 0) is 0 Å². The molecule has 0 aliphatic carbocycles. The smallest absolute Gasteiger partial charge is 0.261 e. The quantitative estimate of drug-likeness (QED) is 0.729. The van der Waals surface area contributed by atoms with Crippen LogP contribution in [0.2, 0.25) is 0 Å². The molecule has 1 aliphatic rings. The summed E-state index contributed by atoms with van der Waals surface area (Å²) < 4.78 is 28.2. The number of alkyl halides is 2. The number of nitrogens with zero attached hydrogens (tertiary/aromatic N) is 3. The van der Waals surface area contributed by atoms with E-state index in [0.717, 1.165) is 0 Å². The van der Waals surface area contributed by atoms with Crippen LogP contribution < -0.4 is 16.8 Å². The maximum atomic E-state index is 13.5. The van der Waals surface area contributed by atoms with Gasteiger partial charge in [-0.05, 0) is 6.07 Å². The van der Waals surface area contributed by atoms with Crippen LogP contribution in [0.3, 0.4) is 0 Å². The summed E-state index contributed by atoms with van der Waals surface area (Å²) in [7, 11) is 0.